The Morgan fingerprint density at radius 2 is 1.80 bits per heavy atom. The summed E-state index contributed by atoms with van der Waals surface area (Å²) in [6.45, 7) is 2.99. The molecule has 0 radical (unpaired) electrons. The lowest BCUT2D eigenvalue weighted by Crippen LogP contribution is -2.21. The van der Waals surface area contributed by atoms with Crippen LogP contribution in [0, 0.1) is 5.82 Å². The largest absolute Gasteiger partial charge is 0.310 e. The van der Waals surface area contributed by atoms with E-state index < -0.39 is 0 Å². The fourth-order valence-electron chi connectivity index (χ4n) is 2.05. The van der Waals surface area contributed by atoms with E-state index in [1.807, 2.05) is 24.3 Å². The molecule has 1 nitrogen and oxygen atoms in total. The smallest absolute Gasteiger partial charge is 0.123 e. The summed E-state index contributed by atoms with van der Waals surface area (Å²) in [4.78, 5) is 0. The summed E-state index contributed by atoms with van der Waals surface area (Å²) in [6.07, 6.45) is 0.888. The Labute approximate surface area is 135 Å². The first-order valence-electron chi connectivity index (χ1n) is 6.49. The molecule has 2 aromatic rings. The average molecular weight is 401 g/mol. The number of benzene rings is 2. The molecule has 106 valence electrons. The van der Waals surface area contributed by atoms with E-state index in [-0.39, 0.29) is 11.9 Å². The molecule has 1 atom stereocenters. The molecule has 0 saturated heterocycles. The molecule has 0 bridgehead atoms. The van der Waals surface area contributed by atoms with E-state index in [4.69, 9.17) is 0 Å². The molecule has 1 unspecified atom stereocenters. The van der Waals surface area contributed by atoms with E-state index in [2.05, 4.69) is 50.2 Å². The molecule has 0 spiro atoms. The number of halogens is 3. The summed E-state index contributed by atoms with van der Waals surface area (Å²) < 4.78 is 15.0. The zero-order valence-corrected chi connectivity index (χ0v) is 14.3. The van der Waals surface area contributed by atoms with Crippen molar-refractivity contribution in [3.63, 3.8) is 0 Å². The minimum absolute atomic E-state index is 0.186. The van der Waals surface area contributed by atoms with Crippen LogP contribution in [-0.4, -0.2) is 6.54 Å². The highest BCUT2D eigenvalue weighted by molar-refractivity contribution is 9.11. The van der Waals surface area contributed by atoms with E-state index in [0.29, 0.717) is 0 Å². The maximum absolute atomic E-state index is 12.8. The van der Waals surface area contributed by atoms with Crippen LogP contribution < -0.4 is 5.32 Å². The third-order valence-electron chi connectivity index (χ3n) is 3.21. The highest BCUT2D eigenvalue weighted by atomic mass is 79.9. The summed E-state index contributed by atoms with van der Waals surface area (Å²) >= 11 is 7.03. The summed E-state index contributed by atoms with van der Waals surface area (Å²) in [5.74, 6) is -0.186. The van der Waals surface area contributed by atoms with Gasteiger partial charge in [-0.1, -0.05) is 50.1 Å². The maximum atomic E-state index is 12.8. The highest BCUT2D eigenvalue weighted by Gasteiger charge is 2.08. The highest BCUT2D eigenvalue weighted by Crippen LogP contribution is 2.26. The van der Waals surface area contributed by atoms with Crippen LogP contribution >= 0.6 is 31.9 Å². The van der Waals surface area contributed by atoms with Crippen LogP contribution in [0.4, 0.5) is 4.39 Å². The molecule has 0 fully saturated rings. The minimum atomic E-state index is -0.186. The van der Waals surface area contributed by atoms with Crippen molar-refractivity contribution in [3.05, 3.63) is 68.4 Å². The predicted molar refractivity (Wildman–Crippen MR) is 88.4 cm³/mol. The van der Waals surface area contributed by atoms with Crippen molar-refractivity contribution in [2.45, 2.75) is 19.4 Å². The van der Waals surface area contributed by atoms with Gasteiger partial charge in [-0.15, -0.1) is 0 Å². The molecule has 0 aromatic heterocycles. The van der Waals surface area contributed by atoms with Crippen LogP contribution in [-0.2, 0) is 6.42 Å². The van der Waals surface area contributed by atoms with Crippen LogP contribution in [0.5, 0.6) is 0 Å². The lowest BCUT2D eigenvalue weighted by Gasteiger charge is -2.16. The van der Waals surface area contributed by atoms with Crippen LogP contribution in [0.15, 0.2) is 51.4 Å². The Kier molecular flexibility index (Phi) is 5.75. The summed E-state index contributed by atoms with van der Waals surface area (Å²) in [5.41, 5.74) is 2.37. The van der Waals surface area contributed by atoms with E-state index in [1.54, 1.807) is 0 Å². The number of nitrogens with one attached hydrogen (secondary N) is 1. The Hall–Kier alpha value is -0.710. The number of rotatable bonds is 5. The average Bonchev–Trinajstić information content (AvgIpc) is 2.41. The molecule has 2 rings (SSSR count). The monoisotopic (exact) mass is 399 g/mol. The van der Waals surface area contributed by atoms with Gasteiger partial charge in [0.05, 0.1) is 0 Å². The summed E-state index contributed by atoms with van der Waals surface area (Å²) in [7, 11) is 0. The second-order valence-electron chi connectivity index (χ2n) is 4.72. The second kappa shape index (κ2) is 7.34. The van der Waals surface area contributed by atoms with Gasteiger partial charge in [-0.05, 0) is 55.3 Å². The molecular formula is C16H16Br2FN. The van der Waals surface area contributed by atoms with Crippen molar-refractivity contribution < 1.29 is 4.39 Å². The normalized spacial score (nSPS) is 12.4. The first-order chi connectivity index (χ1) is 9.56. The second-order valence-corrected chi connectivity index (χ2v) is 6.49. The zero-order chi connectivity index (χ0) is 14.5. The standard InChI is InChI=1S/C16H16Br2FN/c1-11(15-7-4-13(17)10-16(15)18)20-9-8-12-2-5-14(19)6-3-12/h2-7,10-11,20H,8-9H2,1H3. The van der Waals surface area contributed by atoms with E-state index in [0.717, 1.165) is 27.5 Å². The van der Waals surface area contributed by atoms with Gasteiger partial charge in [0.15, 0.2) is 0 Å². The number of hydrogen-bond donors (Lipinski definition) is 1. The van der Waals surface area contributed by atoms with Crippen molar-refractivity contribution in [1.82, 2.24) is 5.32 Å². The predicted octanol–water partition coefficient (Wildman–Crippen LogP) is 5.24. The van der Waals surface area contributed by atoms with Gasteiger partial charge in [0.2, 0.25) is 0 Å². The third kappa shape index (κ3) is 4.40. The van der Waals surface area contributed by atoms with Crippen molar-refractivity contribution in [2.24, 2.45) is 0 Å². The van der Waals surface area contributed by atoms with E-state index >= 15 is 0 Å². The number of hydrogen-bond acceptors (Lipinski definition) is 1. The Morgan fingerprint density at radius 1 is 1.10 bits per heavy atom. The fourth-order valence-corrected chi connectivity index (χ4v) is 3.44. The van der Waals surface area contributed by atoms with Crippen molar-refractivity contribution in [3.8, 4) is 0 Å². The minimum Gasteiger partial charge on any atom is -0.310 e. The molecule has 20 heavy (non-hydrogen) atoms. The summed E-state index contributed by atoms with van der Waals surface area (Å²) in [5, 5.41) is 3.48. The van der Waals surface area contributed by atoms with Gasteiger partial charge in [0, 0.05) is 15.0 Å². The van der Waals surface area contributed by atoms with E-state index in [9.17, 15) is 4.39 Å². The Bertz CT molecular complexity index is 569. The van der Waals surface area contributed by atoms with Gasteiger partial charge in [-0.3, -0.25) is 0 Å². The van der Waals surface area contributed by atoms with Crippen LogP contribution in [0.1, 0.15) is 24.1 Å². The fraction of sp³-hybridized carbons (Fsp3) is 0.250. The van der Waals surface area contributed by atoms with Crippen LogP contribution in [0.3, 0.4) is 0 Å². The van der Waals surface area contributed by atoms with Gasteiger partial charge in [-0.2, -0.15) is 0 Å². The lowest BCUT2D eigenvalue weighted by atomic mass is 10.1. The first kappa shape index (κ1) is 15.7. The molecule has 0 aliphatic carbocycles. The van der Waals surface area contributed by atoms with Crippen molar-refractivity contribution >= 4 is 31.9 Å². The first-order valence-corrected chi connectivity index (χ1v) is 8.07. The van der Waals surface area contributed by atoms with Gasteiger partial charge in [-0.25, -0.2) is 4.39 Å². The van der Waals surface area contributed by atoms with Crippen molar-refractivity contribution in [2.75, 3.05) is 6.54 Å². The third-order valence-corrected chi connectivity index (χ3v) is 4.39. The lowest BCUT2D eigenvalue weighted by molar-refractivity contribution is 0.574. The molecule has 0 aliphatic rings. The zero-order valence-electron chi connectivity index (χ0n) is 11.2. The van der Waals surface area contributed by atoms with Gasteiger partial charge < -0.3 is 5.32 Å². The topological polar surface area (TPSA) is 12.0 Å². The molecule has 1 N–H and O–H groups in total. The molecule has 0 heterocycles. The quantitative estimate of drug-likeness (QED) is 0.723. The molecular weight excluding hydrogens is 385 g/mol. The molecule has 2 aromatic carbocycles. The maximum Gasteiger partial charge on any atom is 0.123 e. The van der Waals surface area contributed by atoms with Crippen LogP contribution in [0.2, 0.25) is 0 Å². The van der Waals surface area contributed by atoms with E-state index in [1.165, 1.54) is 17.7 Å². The van der Waals surface area contributed by atoms with Gasteiger partial charge in [0.25, 0.3) is 0 Å². The Morgan fingerprint density at radius 3 is 2.45 bits per heavy atom. The molecule has 0 saturated carbocycles. The van der Waals surface area contributed by atoms with Crippen LogP contribution in [0.25, 0.3) is 0 Å². The SMILES string of the molecule is CC(NCCc1ccc(F)cc1)c1ccc(Br)cc1Br. The Balaban J connectivity index is 1.88. The van der Waals surface area contributed by atoms with Gasteiger partial charge >= 0.3 is 0 Å². The summed E-state index contributed by atoms with van der Waals surface area (Å²) in [6, 6.07) is 13.1. The molecule has 4 heteroatoms. The molecule has 0 amide bonds. The van der Waals surface area contributed by atoms with Gasteiger partial charge in [0.1, 0.15) is 5.82 Å². The molecule has 0 aliphatic heterocycles. The van der Waals surface area contributed by atoms with Crippen molar-refractivity contribution in [1.29, 1.82) is 0 Å².